The van der Waals surface area contributed by atoms with E-state index in [9.17, 15) is 4.79 Å². The van der Waals surface area contributed by atoms with Crippen molar-refractivity contribution in [2.75, 3.05) is 18.4 Å². The van der Waals surface area contributed by atoms with Crippen LogP contribution in [0.4, 0.5) is 11.4 Å². The van der Waals surface area contributed by atoms with Gasteiger partial charge in [-0.05, 0) is 30.7 Å². The zero-order chi connectivity index (χ0) is 19.8. The Balaban J connectivity index is 1.35. The van der Waals surface area contributed by atoms with E-state index in [2.05, 4.69) is 27.0 Å². The summed E-state index contributed by atoms with van der Waals surface area (Å²) in [5.41, 5.74) is 3.67. The zero-order valence-corrected chi connectivity index (χ0v) is 15.7. The summed E-state index contributed by atoms with van der Waals surface area (Å²) in [6.45, 7) is 1.31. The Labute approximate surface area is 168 Å². The molecule has 3 N–H and O–H groups in total. The number of rotatable bonds is 5. The van der Waals surface area contributed by atoms with Crippen LogP contribution in [0, 0.1) is 17.4 Å². The average Bonchev–Trinajstić information content (AvgIpc) is 3.10. The van der Waals surface area contributed by atoms with Crippen molar-refractivity contribution < 1.29 is 4.79 Å². The maximum Gasteiger partial charge on any atom is 0.269 e. The van der Waals surface area contributed by atoms with E-state index in [1.807, 2.05) is 54.6 Å². The number of anilines is 2. The lowest BCUT2D eigenvalue weighted by molar-refractivity contribution is 0.0924. The fourth-order valence-corrected chi connectivity index (χ4v) is 4.12. The predicted octanol–water partition coefficient (Wildman–Crippen LogP) is 3.11. The molecule has 2 fully saturated rings. The molecule has 1 unspecified atom stereocenters. The molecule has 1 aromatic heterocycles. The lowest BCUT2D eigenvalue weighted by Crippen LogP contribution is -2.41. The quantitative estimate of drug-likeness (QED) is 0.588. The van der Waals surface area contributed by atoms with E-state index in [4.69, 9.17) is 5.26 Å². The van der Waals surface area contributed by atoms with E-state index in [-0.39, 0.29) is 11.4 Å². The van der Waals surface area contributed by atoms with E-state index in [0.29, 0.717) is 23.9 Å². The molecule has 144 valence electrons. The molecule has 0 spiro atoms. The van der Waals surface area contributed by atoms with Crippen molar-refractivity contribution in [2.45, 2.75) is 12.0 Å². The monoisotopic (exact) mass is 384 g/mol. The number of likely N-dealkylation sites (tertiary alicyclic amines) is 1. The maximum absolute atomic E-state index is 12.7. The summed E-state index contributed by atoms with van der Waals surface area (Å²) >= 11 is 0. The number of benzene rings is 2. The number of piperidine rings is 1. The van der Waals surface area contributed by atoms with Gasteiger partial charge in [0.15, 0.2) is 6.19 Å². The molecule has 2 aliphatic rings. The van der Waals surface area contributed by atoms with Crippen molar-refractivity contribution >= 4 is 17.3 Å². The third-order valence-electron chi connectivity index (χ3n) is 5.73. The van der Waals surface area contributed by atoms with Crippen LogP contribution in [0.15, 0.2) is 60.7 Å². The fourth-order valence-electron chi connectivity index (χ4n) is 4.12. The summed E-state index contributed by atoms with van der Waals surface area (Å²) < 4.78 is 0. The van der Waals surface area contributed by atoms with Crippen molar-refractivity contribution in [3.63, 3.8) is 0 Å². The number of fused-ring (bicyclic) bond motifs is 1. The van der Waals surface area contributed by atoms with Gasteiger partial charge in [0.2, 0.25) is 0 Å². The van der Waals surface area contributed by atoms with E-state index >= 15 is 0 Å². The van der Waals surface area contributed by atoms with Gasteiger partial charge in [-0.15, -0.1) is 0 Å². The van der Waals surface area contributed by atoms with Crippen molar-refractivity contribution in [1.29, 1.82) is 5.26 Å². The Kier molecular flexibility index (Phi) is 3.98. The van der Waals surface area contributed by atoms with Crippen LogP contribution in [0.25, 0.3) is 11.3 Å². The number of hydrogen-bond donors (Lipinski definition) is 3. The fraction of sp³-hybridized carbons (Fsp3) is 0.227. The van der Waals surface area contributed by atoms with Gasteiger partial charge in [-0.2, -0.15) is 10.4 Å². The first-order chi connectivity index (χ1) is 14.2. The number of hydrogen-bond acceptors (Lipinski definition) is 5. The number of para-hydroxylation sites is 2. The molecule has 1 amide bonds. The summed E-state index contributed by atoms with van der Waals surface area (Å²) in [4.78, 5) is 14.5. The first-order valence-corrected chi connectivity index (χ1v) is 9.61. The Morgan fingerprint density at radius 2 is 2.00 bits per heavy atom. The van der Waals surface area contributed by atoms with E-state index < -0.39 is 0 Å². The highest BCUT2D eigenvalue weighted by molar-refractivity contribution is 5.95. The summed E-state index contributed by atoms with van der Waals surface area (Å²) in [5.74, 6) is 0.184. The highest BCUT2D eigenvalue weighted by Gasteiger charge is 2.61. The molecule has 1 saturated heterocycles. The standard InChI is InChI=1S/C22H20N6O/c23-14-28-12-15-11-22(15,13-28)25-21(29)20-10-19(26-27-20)17-8-4-5-9-18(17)24-16-6-2-1-3-7-16/h1-10,15,24H,11-13H2,(H,25,29)(H,26,27)/t15?,22-/m0/s1. The molecule has 0 radical (unpaired) electrons. The van der Waals surface area contributed by atoms with Crippen molar-refractivity contribution in [1.82, 2.24) is 20.4 Å². The first-order valence-electron chi connectivity index (χ1n) is 9.61. The third-order valence-corrected chi connectivity index (χ3v) is 5.73. The Morgan fingerprint density at radius 3 is 2.79 bits per heavy atom. The molecule has 2 atom stereocenters. The van der Waals surface area contributed by atoms with Crippen LogP contribution in [0.5, 0.6) is 0 Å². The van der Waals surface area contributed by atoms with Gasteiger partial charge in [-0.1, -0.05) is 36.4 Å². The van der Waals surface area contributed by atoms with Crippen LogP contribution in [-0.2, 0) is 0 Å². The number of H-pyrrole nitrogens is 1. The average molecular weight is 384 g/mol. The largest absolute Gasteiger partial charge is 0.355 e. The Morgan fingerprint density at radius 1 is 1.21 bits per heavy atom. The van der Waals surface area contributed by atoms with Gasteiger partial charge in [0.25, 0.3) is 5.91 Å². The molecule has 0 bridgehead atoms. The van der Waals surface area contributed by atoms with Gasteiger partial charge in [0, 0.05) is 29.4 Å². The molecule has 5 rings (SSSR count). The second-order valence-corrected chi connectivity index (χ2v) is 7.70. The number of nitriles is 1. The third kappa shape index (κ3) is 3.19. The highest BCUT2D eigenvalue weighted by atomic mass is 16.2. The van der Waals surface area contributed by atoms with Crippen LogP contribution < -0.4 is 10.6 Å². The summed E-state index contributed by atoms with van der Waals surface area (Å²) in [5, 5.41) is 22.8. The van der Waals surface area contributed by atoms with Gasteiger partial charge < -0.3 is 15.5 Å². The first kappa shape index (κ1) is 17.3. The predicted molar refractivity (Wildman–Crippen MR) is 109 cm³/mol. The molecule has 7 nitrogen and oxygen atoms in total. The lowest BCUT2D eigenvalue weighted by atomic mass is 10.1. The molecule has 1 aliphatic heterocycles. The maximum atomic E-state index is 12.7. The van der Waals surface area contributed by atoms with Crippen molar-refractivity contribution in [3.8, 4) is 17.5 Å². The number of nitrogens with zero attached hydrogens (tertiary/aromatic N) is 3. The molecule has 1 saturated carbocycles. The van der Waals surface area contributed by atoms with Gasteiger partial charge in [0.1, 0.15) is 5.69 Å². The number of aromatic amines is 1. The molecule has 7 heteroatoms. The minimum atomic E-state index is -0.259. The summed E-state index contributed by atoms with van der Waals surface area (Å²) in [6.07, 6.45) is 3.10. The van der Waals surface area contributed by atoms with Gasteiger partial charge >= 0.3 is 0 Å². The van der Waals surface area contributed by atoms with Crippen LogP contribution in [0.3, 0.4) is 0 Å². The van der Waals surface area contributed by atoms with E-state index in [1.165, 1.54) is 0 Å². The number of amides is 1. The molecular weight excluding hydrogens is 364 g/mol. The second kappa shape index (κ2) is 6.67. The van der Waals surface area contributed by atoms with Gasteiger partial charge in [0.05, 0.1) is 17.8 Å². The Bertz CT molecular complexity index is 1100. The SMILES string of the molecule is N#CN1CC2C[C@]2(NC(=O)c2cc(-c3ccccc3Nc3ccccc3)n[nH]2)C1. The zero-order valence-electron chi connectivity index (χ0n) is 15.7. The van der Waals surface area contributed by atoms with Crippen molar-refractivity contribution in [3.05, 3.63) is 66.4 Å². The number of aromatic nitrogens is 2. The molecule has 2 heterocycles. The number of nitrogens with one attached hydrogen (secondary N) is 3. The highest BCUT2D eigenvalue weighted by Crippen LogP contribution is 2.49. The van der Waals surface area contributed by atoms with E-state index in [0.717, 1.165) is 29.9 Å². The van der Waals surface area contributed by atoms with Crippen molar-refractivity contribution in [2.24, 2.45) is 5.92 Å². The van der Waals surface area contributed by atoms with E-state index in [1.54, 1.807) is 11.0 Å². The minimum absolute atomic E-state index is 0.181. The van der Waals surface area contributed by atoms with Crippen LogP contribution in [0.1, 0.15) is 16.9 Å². The van der Waals surface area contributed by atoms with Crippen LogP contribution >= 0.6 is 0 Å². The molecule has 3 aromatic rings. The minimum Gasteiger partial charge on any atom is -0.355 e. The number of carbonyl (C=O) groups excluding carboxylic acids is 1. The van der Waals surface area contributed by atoms with Gasteiger partial charge in [-0.3, -0.25) is 9.89 Å². The topological polar surface area (TPSA) is 96.8 Å². The number of carbonyl (C=O) groups is 1. The summed E-state index contributed by atoms with van der Waals surface area (Å²) in [7, 11) is 0. The normalized spacial score (nSPS) is 21.9. The molecule has 1 aliphatic carbocycles. The van der Waals surface area contributed by atoms with Crippen LogP contribution in [0.2, 0.25) is 0 Å². The Hall–Kier alpha value is -3.79. The molecule has 2 aromatic carbocycles. The van der Waals surface area contributed by atoms with Gasteiger partial charge in [-0.25, -0.2) is 0 Å². The molecular formula is C22H20N6O. The second-order valence-electron chi connectivity index (χ2n) is 7.70. The lowest BCUT2D eigenvalue weighted by Gasteiger charge is -2.16. The smallest absolute Gasteiger partial charge is 0.269 e. The molecule has 29 heavy (non-hydrogen) atoms. The van der Waals surface area contributed by atoms with Crippen LogP contribution in [-0.4, -0.2) is 39.6 Å². The summed E-state index contributed by atoms with van der Waals surface area (Å²) in [6, 6.07) is 19.6.